The molecule has 0 unspecified atom stereocenters. The topological polar surface area (TPSA) is 44.8 Å². The lowest BCUT2D eigenvalue weighted by molar-refractivity contribution is -0.130. The Morgan fingerprint density at radius 3 is 2.46 bits per heavy atom. The smallest absolute Gasteiger partial charge is 0.343 e. The van der Waals surface area contributed by atoms with E-state index in [1.165, 1.54) is 0 Å². The van der Waals surface area contributed by atoms with Gasteiger partial charge >= 0.3 is 5.97 Å². The molecule has 3 rings (SSSR count). The van der Waals surface area contributed by atoms with E-state index in [4.69, 9.17) is 25.8 Å². The number of hydrogen-bond acceptors (Lipinski definition) is 4. The molecule has 4 nitrogen and oxygen atoms in total. The summed E-state index contributed by atoms with van der Waals surface area (Å²) in [6.07, 6.45) is 3.44. The molecule has 0 saturated carbocycles. The van der Waals surface area contributed by atoms with E-state index in [-0.39, 0.29) is 0 Å². The Bertz CT molecular complexity index is 835. The van der Waals surface area contributed by atoms with Crippen molar-refractivity contribution in [3.63, 3.8) is 0 Å². The second kappa shape index (κ2) is 6.81. The number of hydrogen-bond donors (Lipinski definition) is 0. The van der Waals surface area contributed by atoms with Crippen molar-refractivity contribution in [3.05, 3.63) is 70.3 Å². The predicted molar refractivity (Wildman–Crippen MR) is 93.0 cm³/mol. The number of esters is 1. The molecule has 0 aliphatic carbocycles. The molecule has 0 bridgehead atoms. The standard InChI is InChI=1S/C19H15ClO4/c1-22-15-7-8-17(23-2)16(11-15)18-10-13(19(21)24-18)9-12-3-5-14(20)6-4-12/h3-11H,1-2H3/b13-9-. The maximum Gasteiger partial charge on any atom is 0.343 e. The summed E-state index contributed by atoms with van der Waals surface area (Å²) in [6, 6.07) is 12.5. The number of carbonyl (C=O) groups is 1. The van der Waals surface area contributed by atoms with Gasteiger partial charge in [-0.15, -0.1) is 0 Å². The number of benzene rings is 2. The van der Waals surface area contributed by atoms with Crippen LogP contribution in [0.4, 0.5) is 0 Å². The molecular formula is C19H15ClO4. The van der Waals surface area contributed by atoms with Crippen LogP contribution in [0, 0.1) is 0 Å². The molecule has 0 amide bonds. The Morgan fingerprint density at radius 1 is 1.04 bits per heavy atom. The van der Waals surface area contributed by atoms with Crippen LogP contribution >= 0.6 is 11.6 Å². The lowest BCUT2D eigenvalue weighted by atomic mass is 10.1. The Morgan fingerprint density at radius 2 is 1.79 bits per heavy atom. The summed E-state index contributed by atoms with van der Waals surface area (Å²) in [7, 11) is 3.14. The van der Waals surface area contributed by atoms with Crippen molar-refractivity contribution in [3.8, 4) is 11.5 Å². The highest BCUT2D eigenvalue weighted by Crippen LogP contribution is 2.35. The minimum absolute atomic E-state index is 0.412. The zero-order valence-corrected chi connectivity index (χ0v) is 14.0. The number of cyclic esters (lactones) is 1. The second-order valence-corrected chi connectivity index (χ2v) is 5.55. The van der Waals surface area contributed by atoms with Crippen LogP contribution in [0.5, 0.6) is 11.5 Å². The third kappa shape index (κ3) is 3.29. The predicted octanol–water partition coefficient (Wildman–Crippen LogP) is 4.34. The van der Waals surface area contributed by atoms with Crippen LogP contribution in [0.15, 0.2) is 54.1 Å². The van der Waals surface area contributed by atoms with Gasteiger partial charge in [0.25, 0.3) is 0 Å². The zero-order valence-electron chi connectivity index (χ0n) is 13.2. The van der Waals surface area contributed by atoms with Crippen LogP contribution in [0.25, 0.3) is 11.8 Å². The molecule has 1 heterocycles. The first kappa shape index (κ1) is 16.1. The van der Waals surface area contributed by atoms with Gasteiger partial charge in [-0.05, 0) is 48.0 Å². The molecule has 0 fully saturated rings. The van der Waals surface area contributed by atoms with Crippen molar-refractivity contribution in [1.82, 2.24) is 0 Å². The lowest BCUT2D eigenvalue weighted by Crippen LogP contribution is -1.98. The zero-order chi connectivity index (χ0) is 17.1. The quantitative estimate of drug-likeness (QED) is 0.612. The van der Waals surface area contributed by atoms with E-state index in [1.807, 2.05) is 12.1 Å². The van der Waals surface area contributed by atoms with Gasteiger partial charge in [-0.2, -0.15) is 0 Å². The molecule has 24 heavy (non-hydrogen) atoms. The largest absolute Gasteiger partial charge is 0.497 e. The Labute approximate surface area is 144 Å². The highest BCUT2D eigenvalue weighted by Gasteiger charge is 2.24. The Balaban J connectivity index is 1.98. The van der Waals surface area contributed by atoms with Gasteiger partial charge in [-0.3, -0.25) is 0 Å². The molecular weight excluding hydrogens is 328 g/mol. The van der Waals surface area contributed by atoms with Crippen LogP contribution in [0.1, 0.15) is 11.1 Å². The van der Waals surface area contributed by atoms with Crippen LogP contribution in [0.3, 0.4) is 0 Å². The van der Waals surface area contributed by atoms with E-state index < -0.39 is 5.97 Å². The molecule has 0 radical (unpaired) electrons. The third-order valence-corrected chi connectivity index (χ3v) is 3.84. The molecule has 0 atom stereocenters. The molecule has 2 aromatic carbocycles. The van der Waals surface area contributed by atoms with Crippen molar-refractivity contribution < 1.29 is 19.0 Å². The first-order valence-corrected chi connectivity index (χ1v) is 7.62. The minimum atomic E-state index is -0.412. The summed E-state index contributed by atoms with van der Waals surface area (Å²) in [4.78, 5) is 12.1. The van der Waals surface area contributed by atoms with Crippen molar-refractivity contribution in [2.45, 2.75) is 0 Å². The third-order valence-electron chi connectivity index (χ3n) is 3.59. The van der Waals surface area contributed by atoms with Gasteiger partial charge in [0.2, 0.25) is 0 Å². The highest BCUT2D eigenvalue weighted by atomic mass is 35.5. The van der Waals surface area contributed by atoms with E-state index in [2.05, 4.69) is 0 Å². The number of carbonyl (C=O) groups excluding carboxylic acids is 1. The maximum atomic E-state index is 12.1. The first-order chi connectivity index (χ1) is 11.6. The van der Waals surface area contributed by atoms with Crippen molar-refractivity contribution in [2.24, 2.45) is 0 Å². The summed E-state index contributed by atoms with van der Waals surface area (Å²) in [5.74, 6) is 1.27. The fraction of sp³-hybridized carbons (Fsp3) is 0.105. The van der Waals surface area contributed by atoms with E-state index in [9.17, 15) is 4.79 Å². The van der Waals surface area contributed by atoms with Crippen molar-refractivity contribution in [2.75, 3.05) is 14.2 Å². The molecule has 5 heteroatoms. The van der Waals surface area contributed by atoms with Crippen LogP contribution in [-0.2, 0) is 9.53 Å². The van der Waals surface area contributed by atoms with E-state index in [1.54, 1.807) is 56.7 Å². The molecule has 0 spiro atoms. The minimum Gasteiger partial charge on any atom is -0.497 e. The number of methoxy groups -OCH3 is 2. The van der Waals surface area contributed by atoms with Gasteiger partial charge in [-0.1, -0.05) is 23.7 Å². The van der Waals surface area contributed by atoms with Crippen LogP contribution < -0.4 is 9.47 Å². The Kier molecular flexibility index (Phi) is 4.58. The SMILES string of the molecule is COc1ccc(OC)c(C2=C/C(=C/c3ccc(Cl)cc3)C(=O)O2)c1. The first-order valence-electron chi connectivity index (χ1n) is 7.24. The average Bonchev–Trinajstić information content (AvgIpc) is 2.97. The molecule has 0 aromatic heterocycles. The molecule has 1 aliphatic rings. The summed E-state index contributed by atoms with van der Waals surface area (Å²) in [5.41, 5.74) is 1.98. The lowest BCUT2D eigenvalue weighted by Gasteiger charge is -2.10. The van der Waals surface area contributed by atoms with E-state index >= 15 is 0 Å². The van der Waals surface area contributed by atoms with Gasteiger partial charge < -0.3 is 14.2 Å². The van der Waals surface area contributed by atoms with E-state index in [0.717, 1.165) is 5.56 Å². The normalized spacial score (nSPS) is 15.2. The second-order valence-electron chi connectivity index (χ2n) is 5.12. The number of ether oxygens (including phenoxy) is 3. The Hall–Kier alpha value is -2.72. The van der Waals surface area contributed by atoms with Gasteiger partial charge in [0, 0.05) is 5.02 Å². The summed E-state index contributed by atoms with van der Waals surface area (Å²) < 4.78 is 16.0. The molecule has 0 N–H and O–H groups in total. The molecule has 1 aliphatic heterocycles. The van der Waals surface area contributed by atoms with Gasteiger partial charge in [0.05, 0.1) is 25.4 Å². The van der Waals surface area contributed by atoms with Crippen molar-refractivity contribution in [1.29, 1.82) is 0 Å². The van der Waals surface area contributed by atoms with Crippen molar-refractivity contribution >= 4 is 29.4 Å². The van der Waals surface area contributed by atoms with Gasteiger partial charge in [0.15, 0.2) is 0 Å². The summed E-state index contributed by atoms with van der Waals surface area (Å²) >= 11 is 5.87. The van der Waals surface area contributed by atoms with E-state index in [0.29, 0.717) is 33.4 Å². The number of rotatable bonds is 4. The fourth-order valence-corrected chi connectivity index (χ4v) is 2.49. The maximum absolute atomic E-state index is 12.1. The fourth-order valence-electron chi connectivity index (χ4n) is 2.37. The summed E-state index contributed by atoms with van der Waals surface area (Å²) in [6.45, 7) is 0. The average molecular weight is 343 g/mol. The monoisotopic (exact) mass is 342 g/mol. The van der Waals surface area contributed by atoms with Crippen LogP contribution in [0.2, 0.25) is 5.02 Å². The highest BCUT2D eigenvalue weighted by molar-refractivity contribution is 6.30. The summed E-state index contributed by atoms with van der Waals surface area (Å²) in [5, 5.41) is 0.642. The number of halogens is 1. The molecule has 122 valence electrons. The van der Waals surface area contributed by atoms with Crippen LogP contribution in [-0.4, -0.2) is 20.2 Å². The van der Waals surface area contributed by atoms with Gasteiger partial charge in [-0.25, -0.2) is 4.79 Å². The molecule has 0 saturated heterocycles. The van der Waals surface area contributed by atoms with Gasteiger partial charge in [0.1, 0.15) is 17.3 Å². The molecule has 2 aromatic rings.